The van der Waals surface area contributed by atoms with Gasteiger partial charge in [0, 0.05) is 27.4 Å². The van der Waals surface area contributed by atoms with Crippen LogP contribution in [-0.4, -0.2) is 10.4 Å². The molecule has 9 aromatic carbocycles. The molecule has 248 valence electrons. The second-order valence-electron chi connectivity index (χ2n) is 14.0. The molecule has 53 heavy (non-hydrogen) atoms. The second kappa shape index (κ2) is 11.8. The van der Waals surface area contributed by atoms with Crippen molar-refractivity contribution < 1.29 is 0 Å². The fourth-order valence-corrected chi connectivity index (χ4v) is 8.54. The number of hydrogen-bond acceptors (Lipinski definition) is 2. The van der Waals surface area contributed by atoms with Crippen molar-refractivity contribution in [1.82, 2.24) is 9.88 Å². The van der Waals surface area contributed by atoms with Crippen LogP contribution in [0.25, 0.3) is 76.3 Å². The molecule has 10 aromatic rings. The zero-order chi connectivity index (χ0) is 34.9. The van der Waals surface area contributed by atoms with Crippen molar-refractivity contribution in [2.24, 2.45) is 4.99 Å². The number of rotatable bonds is 4. The van der Waals surface area contributed by atoms with Gasteiger partial charge in [0.2, 0.25) is 0 Å². The molecule has 0 spiro atoms. The van der Waals surface area contributed by atoms with Gasteiger partial charge >= 0.3 is 0 Å². The van der Waals surface area contributed by atoms with Crippen LogP contribution < -0.4 is 5.32 Å². The third-order valence-electron chi connectivity index (χ3n) is 11.0. The van der Waals surface area contributed by atoms with Crippen molar-refractivity contribution in [3.05, 3.63) is 205 Å². The molecule has 1 atom stereocenters. The van der Waals surface area contributed by atoms with Crippen molar-refractivity contribution in [3.63, 3.8) is 0 Å². The molecule has 1 N–H and O–H groups in total. The minimum Gasteiger partial charge on any atom is -0.340 e. The van der Waals surface area contributed by atoms with Gasteiger partial charge in [-0.05, 0) is 79.2 Å². The molecule has 3 heteroatoms. The average Bonchev–Trinajstić information content (AvgIpc) is 3.58. The summed E-state index contributed by atoms with van der Waals surface area (Å²) in [5.41, 5.74) is 8.01. The number of benzene rings is 9. The lowest BCUT2D eigenvalue weighted by Gasteiger charge is -2.24. The first-order valence-corrected chi connectivity index (χ1v) is 18.3. The summed E-state index contributed by atoms with van der Waals surface area (Å²) in [4.78, 5) is 5.39. The number of hydrogen-bond donors (Lipinski definition) is 1. The topological polar surface area (TPSA) is 29.3 Å². The van der Waals surface area contributed by atoms with E-state index in [0.29, 0.717) is 0 Å². The molecular formula is C50H33N3. The van der Waals surface area contributed by atoms with Gasteiger partial charge in [0.15, 0.2) is 0 Å². The lowest BCUT2D eigenvalue weighted by molar-refractivity contribution is 0.889. The zero-order valence-electron chi connectivity index (χ0n) is 28.9. The molecule has 1 aromatic heterocycles. The van der Waals surface area contributed by atoms with Crippen LogP contribution in [0.2, 0.25) is 0 Å². The summed E-state index contributed by atoms with van der Waals surface area (Å²) in [6, 6.07) is 65.6. The lowest BCUT2D eigenvalue weighted by Crippen LogP contribution is -2.27. The van der Waals surface area contributed by atoms with Gasteiger partial charge < -0.3 is 9.88 Å². The fraction of sp³-hybridized carbons (Fsp3) is 0.0200. The normalized spacial score (nSPS) is 14.6. The highest BCUT2D eigenvalue weighted by Crippen LogP contribution is 2.42. The van der Waals surface area contributed by atoms with Gasteiger partial charge in [-0.3, -0.25) is 4.99 Å². The maximum atomic E-state index is 5.39. The first-order valence-electron chi connectivity index (χ1n) is 18.3. The van der Waals surface area contributed by atoms with Crippen molar-refractivity contribution in [2.75, 3.05) is 0 Å². The third kappa shape index (κ3) is 4.71. The zero-order valence-corrected chi connectivity index (χ0v) is 28.9. The number of aromatic nitrogens is 1. The highest BCUT2D eigenvalue weighted by atomic mass is 15.0. The SMILES string of the molecule is C1=C(c2ccc3ccccc3c2)NC(c2ccccc2)=NC1c1cccc2c(-n3c4ccc5ccccc5c4c4c5ccccc5ccc43)cccc12. The predicted octanol–water partition coefficient (Wildman–Crippen LogP) is 12.5. The Kier molecular flexibility index (Phi) is 6.62. The van der Waals surface area contributed by atoms with E-state index in [-0.39, 0.29) is 6.04 Å². The standard InChI is InChI=1S/C50H33N3/c1-2-15-35(16-3-1)50-51-43(37-25-24-32-12-4-5-17-36(32)30-37)31-44(52-50)41-21-10-22-42-40(41)20-11-23-45(42)53-46-28-26-33-13-6-8-18-38(33)48(46)49-39-19-9-7-14-34(39)27-29-47(49)53/h1-31,44H,(H,51,52). The van der Waals surface area contributed by atoms with Crippen LogP contribution in [0, 0.1) is 0 Å². The van der Waals surface area contributed by atoms with E-state index in [1.165, 1.54) is 70.5 Å². The van der Waals surface area contributed by atoms with Gasteiger partial charge in [-0.15, -0.1) is 0 Å². The minimum absolute atomic E-state index is 0.196. The molecule has 0 radical (unpaired) electrons. The summed E-state index contributed by atoms with van der Waals surface area (Å²) in [7, 11) is 0. The highest BCUT2D eigenvalue weighted by Gasteiger charge is 2.23. The smallest absolute Gasteiger partial charge is 0.133 e. The summed E-state index contributed by atoms with van der Waals surface area (Å²) in [5, 5.41) is 16.2. The Morgan fingerprint density at radius 1 is 0.434 bits per heavy atom. The van der Waals surface area contributed by atoms with E-state index in [4.69, 9.17) is 4.99 Å². The Morgan fingerprint density at radius 3 is 1.75 bits per heavy atom. The molecule has 1 aliphatic heterocycles. The fourth-order valence-electron chi connectivity index (χ4n) is 8.54. The summed E-state index contributed by atoms with van der Waals surface area (Å²) in [6.07, 6.45) is 2.29. The van der Waals surface area contributed by atoms with E-state index in [2.05, 4.69) is 198 Å². The molecule has 0 saturated heterocycles. The first kappa shape index (κ1) is 29.7. The van der Waals surface area contributed by atoms with E-state index in [9.17, 15) is 0 Å². The van der Waals surface area contributed by atoms with Crippen molar-refractivity contribution in [3.8, 4) is 5.69 Å². The third-order valence-corrected chi connectivity index (χ3v) is 11.0. The first-order chi connectivity index (χ1) is 26.3. The predicted molar refractivity (Wildman–Crippen MR) is 224 cm³/mol. The highest BCUT2D eigenvalue weighted by molar-refractivity contribution is 6.28. The van der Waals surface area contributed by atoms with Crippen LogP contribution >= 0.6 is 0 Å². The van der Waals surface area contributed by atoms with E-state index < -0.39 is 0 Å². The maximum absolute atomic E-state index is 5.39. The van der Waals surface area contributed by atoms with Gasteiger partial charge in [-0.1, -0.05) is 158 Å². The van der Waals surface area contributed by atoms with Crippen LogP contribution in [0.4, 0.5) is 0 Å². The largest absolute Gasteiger partial charge is 0.340 e. The Balaban J connectivity index is 1.15. The molecule has 3 nitrogen and oxygen atoms in total. The van der Waals surface area contributed by atoms with Crippen LogP contribution in [-0.2, 0) is 0 Å². The quantitative estimate of drug-likeness (QED) is 0.198. The van der Waals surface area contributed by atoms with Crippen molar-refractivity contribution in [2.45, 2.75) is 6.04 Å². The van der Waals surface area contributed by atoms with E-state index in [1.807, 2.05) is 0 Å². The Hall–Kier alpha value is -6.97. The summed E-state index contributed by atoms with van der Waals surface area (Å²) < 4.78 is 2.48. The number of nitrogens with one attached hydrogen (secondary N) is 1. The lowest BCUT2D eigenvalue weighted by atomic mass is 9.94. The van der Waals surface area contributed by atoms with E-state index >= 15 is 0 Å². The van der Waals surface area contributed by atoms with E-state index in [0.717, 1.165) is 28.3 Å². The summed E-state index contributed by atoms with van der Waals surface area (Å²) >= 11 is 0. The second-order valence-corrected chi connectivity index (χ2v) is 14.0. The molecule has 1 aliphatic rings. The number of fused-ring (bicyclic) bond motifs is 9. The summed E-state index contributed by atoms with van der Waals surface area (Å²) in [6.45, 7) is 0. The van der Waals surface area contributed by atoms with Gasteiger partial charge in [0.1, 0.15) is 5.84 Å². The van der Waals surface area contributed by atoms with Gasteiger partial charge in [-0.2, -0.15) is 0 Å². The molecule has 11 rings (SSSR count). The van der Waals surface area contributed by atoms with Crippen LogP contribution in [0.3, 0.4) is 0 Å². The van der Waals surface area contributed by atoms with Gasteiger partial charge in [0.05, 0.1) is 22.8 Å². The monoisotopic (exact) mass is 675 g/mol. The minimum atomic E-state index is -0.196. The average molecular weight is 676 g/mol. The molecular weight excluding hydrogens is 643 g/mol. The maximum Gasteiger partial charge on any atom is 0.133 e. The Bertz CT molecular complexity index is 3050. The molecule has 0 fully saturated rings. The van der Waals surface area contributed by atoms with E-state index in [1.54, 1.807) is 0 Å². The molecule has 0 aliphatic carbocycles. The summed E-state index contributed by atoms with van der Waals surface area (Å²) in [5.74, 6) is 0.871. The number of aliphatic imine (C=N–C) groups is 1. The molecule has 2 heterocycles. The Morgan fingerprint density at radius 2 is 1.02 bits per heavy atom. The number of nitrogens with zero attached hydrogens (tertiary/aromatic N) is 2. The van der Waals surface area contributed by atoms with Crippen LogP contribution in [0.5, 0.6) is 0 Å². The van der Waals surface area contributed by atoms with Crippen LogP contribution in [0.1, 0.15) is 22.7 Å². The molecule has 0 saturated carbocycles. The van der Waals surface area contributed by atoms with Gasteiger partial charge in [-0.25, -0.2) is 0 Å². The number of amidine groups is 1. The molecule has 1 unspecified atom stereocenters. The molecule has 0 amide bonds. The van der Waals surface area contributed by atoms with Crippen LogP contribution in [0.15, 0.2) is 193 Å². The molecule has 0 bridgehead atoms. The Labute approximate surface area is 306 Å². The van der Waals surface area contributed by atoms with Gasteiger partial charge in [0.25, 0.3) is 0 Å². The van der Waals surface area contributed by atoms with Crippen molar-refractivity contribution in [1.29, 1.82) is 0 Å². The van der Waals surface area contributed by atoms with Crippen molar-refractivity contribution >= 4 is 76.4 Å².